The standard InChI is InChI=1S/C9H11N3O6/c13-4-5(14)2-10-8-1-6(9(15)16)7(3-11-8)12(17)18/h1,3,5,13-14H,2,4H2,(H,10,11)(H,15,16). The fraction of sp³-hybridized carbons (Fsp3) is 0.333. The Kier molecular flexibility index (Phi) is 4.52. The third-order valence-corrected chi connectivity index (χ3v) is 2.04. The molecule has 0 radical (unpaired) electrons. The first-order valence-corrected chi connectivity index (χ1v) is 4.86. The van der Waals surface area contributed by atoms with Crippen molar-refractivity contribution in [3.63, 3.8) is 0 Å². The summed E-state index contributed by atoms with van der Waals surface area (Å²) in [6.07, 6.45) is -0.216. The average molecular weight is 257 g/mol. The van der Waals surface area contributed by atoms with Gasteiger partial charge in [0.05, 0.1) is 17.6 Å². The number of carboxylic acids is 1. The topological polar surface area (TPSA) is 146 Å². The molecule has 9 nitrogen and oxygen atoms in total. The Morgan fingerprint density at radius 3 is 2.78 bits per heavy atom. The minimum atomic E-state index is -1.45. The summed E-state index contributed by atoms with van der Waals surface area (Å²) < 4.78 is 0. The molecule has 0 amide bonds. The van der Waals surface area contributed by atoms with Crippen molar-refractivity contribution in [2.45, 2.75) is 6.10 Å². The van der Waals surface area contributed by atoms with Crippen molar-refractivity contribution in [2.24, 2.45) is 0 Å². The van der Waals surface area contributed by atoms with Crippen LogP contribution in [-0.4, -0.2) is 50.5 Å². The van der Waals surface area contributed by atoms with Crippen molar-refractivity contribution < 1.29 is 25.0 Å². The molecule has 1 aromatic heterocycles. The third-order valence-electron chi connectivity index (χ3n) is 2.04. The summed E-state index contributed by atoms with van der Waals surface area (Å²) in [6.45, 7) is -0.522. The van der Waals surface area contributed by atoms with Gasteiger partial charge in [-0.1, -0.05) is 0 Å². The predicted molar refractivity (Wildman–Crippen MR) is 59.4 cm³/mol. The van der Waals surface area contributed by atoms with Gasteiger partial charge in [-0.2, -0.15) is 0 Å². The van der Waals surface area contributed by atoms with E-state index in [1.54, 1.807) is 0 Å². The van der Waals surface area contributed by atoms with E-state index in [1.807, 2.05) is 0 Å². The number of anilines is 1. The fourth-order valence-electron chi connectivity index (χ4n) is 1.15. The zero-order valence-corrected chi connectivity index (χ0v) is 9.11. The molecule has 1 unspecified atom stereocenters. The molecule has 0 aliphatic heterocycles. The minimum absolute atomic E-state index is 0.0552. The van der Waals surface area contributed by atoms with E-state index in [0.717, 1.165) is 12.3 Å². The highest BCUT2D eigenvalue weighted by molar-refractivity contribution is 5.93. The van der Waals surface area contributed by atoms with Crippen LogP contribution in [0.1, 0.15) is 10.4 Å². The maximum Gasteiger partial charge on any atom is 0.342 e. The maximum atomic E-state index is 10.8. The number of hydrogen-bond donors (Lipinski definition) is 4. The van der Waals surface area contributed by atoms with Crippen LogP contribution in [0.15, 0.2) is 12.3 Å². The van der Waals surface area contributed by atoms with Crippen LogP contribution in [0.4, 0.5) is 11.5 Å². The molecule has 1 heterocycles. The quantitative estimate of drug-likeness (QED) is 0.392. The maximum absolute atomic E-state index is 10.8. The predicted octanol–water partition coefficient (Wildman–Crippen LogP) is -0.547. The van der Waals surface area contributed by atoms with E-state index < -0.39 is 34.9 Å². The van der Waals surface area contributed by atoms with Crippen molar-refractivity contribution >= 4 is 17.5 Å². The van der Waals surface area contributed by atoms with Gasteiger partial charge >= 0.3 is 11.7 Å². The molecule has 0 spiro atoms. The lowest BCUT2D eigenvalue weighted by Crippen LogP contribution is -2.23. The SMILES string of the molecule is O=C(O)c1cc(NCC(O)CO)ncc1[N+](=O)[O-]. The highest BCUT2D eigenvalue weighted by Gasteiger charge is 2.21. The largest absolute Gasteiger partial charge is 0.477 e. The monoisotopic (exact) mass is 257 g/mol. The number of aromatic carboxylic acids is 1. The van der Waals surface area contributed by atoms with Crippen molar-refractivity contribution in [3.05, 3.63) is 27.9 Å². The van der Waals surface area contributed by atoms with Gasteiger partial charge in [0.2, 0.25) is 0 Å². The van der Waals surface area contributed by atoms with E-state index in [4.69, 9.17) is 15.3 Å². The molecule has 0 fully saturated rings. The summed E-state index contributed by atoms with van der Waals surface area (Å²) in [5.74, 6) is -1.39. The van der Waals surface area contributed by atoms with Gasteiger partial charge in [0.1, 0.15) is 17.6 Å². The molecular formula is C9H11N3O6. The molecule has 9 heteroatoms. The minimum Gasteiger partial charge on any atom is -0.477 e. The fourth-order valence-corrected chi connectivity index (χ4v) is 1.15. The third kappa shape index (κ3) is 3.37. The van der Waals surface area contributed by atoms with Crippen LogP contribution >= 0.6 is 0 Å². The van der Waals surface area contributed by atoms with E-state index in [1.165, 1.54) is 0 Å². The molecule has 0 aromatic carbocycles. The molecule has 0 bridgehead atoms. The summed E-state index contributed by atoms with van der Waals surface area (Å²) in [5.41, 5.74) is -1.12. The Hall–Kier alpha value is -2.26. The Morgan fingerprint density at radius 2 is 2.28 bits per heavy atom. The van der Waals surface area contributed by atoms with Crippen LogP contribution in [0.2, 0.25) is 0 Å². The number of rotatable bonds is 6. The van der Waals surface area contributed by atoms with Crippen molar-refractivity contribution in [1.82, 2.24) is 4.98 Å². The number of aliphatic hydroxyl groups is 2. The van der Waals surface area contributed by atoms with Crippen molar-refractivity contribution in [2.75, 3.05) is 18.5 Å². The molecule has 18 heavy (non-hydrogen) atoms. The molecule has 0 aliphatic rings. The number of hydrogen-bond acceptors (Lipinski definition) is 7. The molecule has 0 saturated carbocycles. The highest BCUT2D eigenvalue weighted by atomic mass is 16.6. The first kappa shape index (κ1) is 13.8. The van der Waals surface area contributed by atoms with Crippen LogP contribution in [0.5, 0.6) is 0 Å². The van der Waals surface area contributed by atoms with Gasteiger partial charge in [-0.25, -0.2) is 9.78 Å². The second kappa shape index (κ2) is 5.89. The summed E-state index contributed by atoms with van der Waals surface area (Å²) in [5, 5.41) is 39.6. The first-order chi connectivity index (χ1) is 8.45. The molecule has 1 atom stereocenters. The molecule has 1 rings (SSSR count). The molecule has 98 valence electrons. The normalized spacial score (nSPS) is 11.9. The van der Waals surface area contributed by atoms with Crippen LogP contribution in [0.25, 0.3) is 0 Å². The number of aromatic nitrogens is 1. The molecular weight excluding hydrogens is 246 g/mol. The van der Waals surface area contributed by atoms with Gasteiger partial charge in [0.15, 0.2) is 0 Å². The van der Waals surface area contributed by atoms with Crippen LogP contribution in [0, 0.1) is 10.1 Å². The Balaban J connectivity index is 2.93. The second-order valence-corrected chi connectivity index (χ2v) is 3.37. The lowest BCUT2D eigenvalue weighted by molar-refractivity contribution is -0.385. The molecule has 0 saturated heterocycles. The number of nitro groups is 1. The van der Waals surface area contributed by atoms with Crippen LogP contribution < -0.4 is 5.32 Å². The van der Waals surface area contributed by atoms with E-state index >= 15 is 0 Å². The number of carboxylic acid groups (broad SMARTS) is 1. The van der Waals surface area contributed by atoms with Crippen molar-refractivity contribution in [3.8, 4) is 0 Å². The number of carbonyl (C=O) groups is 1. The number of aliphatic hydroxyl groups excluding tert-OH is 2. The first-order valence-electron chi connectivity index (χ1n) is 4.86. The summed E-state index contributed by atoms with van der Waals surface area (Å²) in [6, 6.07) is 0.991. The zero-order chi connectivity index (χ0) is 13.7. The van der Waals surface area contributed by atoms with E-state index in [2.05, 4.69) is 10.3 Å². The van der Waals surface area contributed by atoms with Gasteiger partial charge in [-0.3, -0.25) is 10.1 Å². The van der Waals surface area contributed by atoms with E-state index in [-0.39, 0.29) is 12.4 Å². The van der Waals surface area contributed by atoms with Gasteiger partial charge in [0, 0.05) is 12.6 Å². The smallest absolute Gasteiger partial charge is 0.342 e. The Labute approximate surface area is 101 Å². The van der Waals surface area contributed by atoms with Gasteiger partial charge in [-0.15, -0.1) is 0 Å². The van der Waals surface area contributed by atoms with Gasteiger partial charge in [-0.05, 0) is 0 Å². The Morgan fingerprint density at radius 1 is 1.61 bits per heavy atom. The number of pyridine rings is 1. The van der Waals surface area contributed by atoms with Gasteiger partial charge < -0.3 is 20.6 Å². The summed E-state index contributed by atoms with van der Waals surface area (Å²) in [7, 11) is 0. The van der Waals surface area contributed by atoms with Gasteiger partial charge in [0.25, 0.3) is 0 Å². The zero-order valence-electron chi connectivity index (χ0n) is 9.11. The lowest BCUT2D eigenvalue weighted by atomic mass is 10.2. The van der Waals surface area contributed by atoms with E-state index in [0.29, 0.717) is 0 Å². The van der Waals surface area contributed by atoms with Crippen molar-refractivity contribution in [1.29, 1.82) is 0 Å². The Bertz CT molecular complexity index is 464. The molecule has 4 N–H and O–H groups in total. The average Bonchev–Trinajstić information content (AvgIpc) is 2.35. The van der Waals surface area contributed by atoms with Crippen LogP contribution in [0.3, 0.4) is 0 Å². The second-order valence-electron chi connectivity index (χ2n) is 3.37. The van der Waals surface area contributed by atoms with E-state index in [9.17, 15) is 14.9 Å². The lowest BCUT2D eigenvalue weighted by Gasteiger charge is -2.09. The molecule has 1 aromatic rings. The number of nitrogens with zero attached hydrogens (tertiary/aromatic N) is 2. The summed E-state index contributed by atoms with van der Waals surface area (Å²) >= 11 is 0. The highest BCUT2D eigenvalue weighted by Crippen LogP contribution is 2.20. The number of nitrogens with one attached hydrogen (secondary N) is 1. The van der Waals surface area contributed by atoms with Crippen LogP contribution in [-0.2, 0) is 0 Å². The summed E-state index contributed by atoms with van der Waals surface area (Å²) in [4.78, 5) is 24.2. The molecule has 0 aliphatic carbocycles.